The van der Waals surface area contributed by atoms with Gasteiger partial charge in [-0.05, 0) is 81.4 Å². The average Bonchev–Trinajstić information content (AvgIpc) is 3.88. The lowest BCUT2D eigenvalue weighted by Gasteiger charge is -2.33. The number of aliphatic hydroxyl groups is 1. The van der Waals surface area contributed by atoms with Gasteiger partial charge >= 0.3 is 5.97 Å². The number of nitrogens with one attached hydrogen (secondary N) is 4. The zero-order valence-corrected chi connectivity index (χ0v) is 35.1. The average molecular weight is 845 g/mol. The SMILES string of the molecule is CC(C)C[C@H](NC(=O)[C@@H]1CCCN1C(=O)[C@@H](NC(=O)[C@@H]1CCCN1C(=O)[C@H](Cc1ccc(O)cc1)NC(=O)[C@@H](N)[C@@H](C)O)C(C)C)C(=O)N[C@@H](CCCN=C(N)N)C(=O)O. The highest BCUT2D eigenvalue weighted by Crippen LogP contribution is 2.24. The fourth-order valence-electron chi connectivity index (χ4n) is 7.31. The minimum absolute atomic E-state index is 0.00567. The van der Waals surface area contributed by atoms with Crippen LogP contribution in [0.1, 0.15) is 85.1 Å². The van der Waals surface area contributed by atoms with Crippen molar-refractivity contribution in [1.29, 1.82) is 0 Å². The minimum Gasteiger partial charge on any atom is -0.508 e. The third-order valence-corrected chi connectivity index (χ3v) is 10.6. The van der Waals surface area contributed by atoms with E-state index in [1.807, 2.05) is 13.8 Å². The molecule has 2 aliphatic heterocycles. The van der Waals surface area contributed by atoms with Crippen molar-refractivity contribution < 1.29 is 48.9 Å². The third-order valence-electron chi connectivity index (χ3n) is 10.6. The van der Waals surface area contributed by atoms with E-state index in [2.05, 4.69) is 26.3 Å². The maximum absolute atomic E-state index is 14.2. The van der Waals surface area contributed by atoms with Crippen molar-refractivity contribution in [3.05, 3.63) is 29.8 Å². The van der Waals surface area contributed by atoms with Gasteiger partial charge in [-0.15, -0.1) is 0 Å². The number of benzene rings is 1. The Hall–Kier alpha value is -5.50. The molecular weight excluding hydrogens is 780 g/mol. The largest absolute Gasteiger partial charge is 0.508 e. The molecule has 2 heterocycles. The molecule has 0 saturated carbocycles. The van der Waals surface area contributed by atoms with Crippen LogP contribution in [0, 0.1) is 11.8 Å². The Bertz CT molecular complexity index is 1700. The van der Waals surface area contributed by atoms with Crippen LogP contribution in [0.3, 0.4) is 0 Å². The Balaban J connectivity index is 1.76. The molecule has 13 N–H and O–H groups in total. The Morgan fingerprint density at radius 2 is 1.33 bits per heavy atom. The molecule has 8 atom stereocenters. The number of phenols is 1. The number of carboxylic acids is 1. The molecule has 0 aromatic heterocycles. The fraction of sp³-hybridized carbons (Fsp3) is 0.650. The number of aliphatic carboxylic acids is 1. The van der Waals surface area contributed by atoms with Crippen LogP contribution in [0.2, 0.25) is 0 Å². The molecule has 2 fully saturated rings. The van der Waals surface area contributed by atoms with Crippen LogP contribution in [0.25, 0.3) is 0 Å². The van der Waals surface area contributed by atoms with Gasteiger partial charge in [0, 0.05) is 26.1 Å². The van der Waals surface area contributed by atoms with E-state index in [0.29, 0.717) is 18.4 Å². The lowest BCUT2D eigenvalue weighted by molar-refractivity contribution is -0.145. The Morgan fingerprint density at radius 3 is 1.85 bits per heavy atom. The van der Waals surface area contributed by atoms with Crippen molar-refractivity contribution in [2.24, 2.45) is 34.0 Å². The molecule has 20 nitrogen and oxygen atoms in total. The number of hydrogen-bond acceptors (Lipinski definition) is 11. The summed E-state index contributed by atoms with van der Waals surface area (Å²) in [5.41, 5.74) is 17.1. The van der Waals surface area contributed by atoms with Crippen LogP contribution in [0.15, 0.2) is 29.3 Å². The summed E-state index contributed by atoms with van der Waals surface area (Å²) in [5.74, 6) is -5.67. The summed E-state index contributed by atoms with van der Waals surface area (Å²) in [5, 5.41) is 40.1. The molecule has 60 heavy (non-hydrogen) atoms. The molecule has 334 valence electrons. The molecule has 0 spiro atoms. The standard InChI is InChI=1S/C40H64N10O10/c1-21(2)19-27(33(53)45-26(39(59)60)9-6-16-44-40(42)43)46-34(54)29-10-8-18-50(29)38(58)32(22(3)4)48-35(55)30-11-7-17-49(30)37(57)28(47-36(56)31(41)23(5)51)20-24-12-14-25(52)15-13-24/h12-15,21-23,26-32,51-52H,6-11,16-20,41H2,1-5H3,(H,45,53)(H,46,54)(H,47,56)(H,48,55)(H,59,60)(H4,42,43,44)/t23-,26+,27+,28+,29+,30+,31+,32+/m1/s1. The molecule has 20 heteroatoms. The summed E-state index contributed by atoms with van der Waals surface area (Å²) in [6.45, 7) is 9.05. The van der Waals surface area contributed by atoms with Gasteiger partial charge in [0.1, 0.15) is 48.0 Å². The summed E-state index contributed by atoms with van der Waals surface area (Å²) in [7, 11) is 0. The second kappa shape index (κ2) is 22.8. The Kier molecular flexibility index (Phi) is 18.5. The van der Waals surface area contributed by atoms with Gasteiger partial charge in [-0.25, -0.2) is 4.79 Å². The summed E-state index contributed by atoms with van der Waals surface area (Å²) < 4.78 is 0. The number of hydrogen-bond donors (Lipinski definition) is 10. The van der Waals surface area contributed by atoms with Gasteiger partial charge in [-0.3, -0.25) is 33.8 Å². The number of carboxylic acid groups (broad SMARTS) is 1. The predicted octanol–water partition coefficient (Wildman–Crippen LogP) is -1.60. The number of aliphatic imine (C=N–C) groups is 1. The maximum atomic E-state index is 14.2. The van der Waals surface area contributed by atoms with E-state index in [0.717, 1.165) is 0 Å². The first-order valence-corrected chi connectivity index (χ1v) is 20.5. The van der Waals surface area contributed by atoms with Crippen LogP contribution in [-0.4, -0.2) is 141 Å². The molecule has 0 bridgehead atoms. The highest BCUT2D eigenvalue weighted by Gasteiger charge is 2.43. The molecule has 2 saturated heterocycles. The molecule has 2 aliphatic rings. The number of carbonyl (C=O) groups is 7. The predicted molar refractivity (Wildman–Crippen MR) is 220 cm³/mol. The second-order valence-corrected chi connectivity index (χ2v) is 16.3. The number of phenolic OH excluding ortho intramolecular Hbond substituents is 1. The zero-order chi connectivity index (χ0) is 44.8. The molecule has 6 amide bonds. The highest BCUT2D eigenvalue weighted by molar-refractivity contribution is 5.97. The van der Waals surface area contributed by atoms with E-state index in [1.54, 1.807) is 26.0 Å². The number of carbonyl (C=O) groups excluding carboxylic acids is 6. The number of nitrogens with zero attached hydrogens (tertiary/aromatic N) is 3. The van der Waals surface area contributed by atoms with Gasteiger partial charge in [-0.1, -0.05) is 39.8 Å². The number of aromatic hydroxyl groups is 1. The van der Waals surface area contributed by atoms with Crippen molar-refractivity contribution in [3.63, 3.8) is 0 Å². The minimum atomic E-state index is -1.33. The molecule has 1 aromatic rings. The summed E-state index contributed by atoms with van der Waals surface area (Å²) in [4.78, 5) is 101. The molecule has 0 radical (unpaired) electrons. The van der Waals surface area contributed by atoms with Gasteiger partial charge in [0.25, 0.3) is 0 Å². The van der Waals surface area contributed by atoms with E-state index in [4.69, 9.17) is 17.2 Å². The van der Waals surface area contributed by atoms with Crippen molar-refractivity contribution in [3.8, 4) is 5.75 Å². The molecule has 0 unspecified atom stereocenters. The Labute approximate surface area is 350 Å². The lowest BCUT2D eigenvalue weighted by atomic mass is 10.00. The van der Waals surface area contributed by atoms with Gasteiger partial charge in [-0.2, -0.15) is 0 Å². The first-order valence-electron chi connectivity index (χ1n) is 20.5. The quantitative estimate of drug-likeness (QED) is 0.0380. The van der Waals surface area contributed by atoms with Crippen LogP contribution in [0.4, 0.5) is 0 Å². The van der Waals surface area contributed by atoms with Crippen LogP contribution < -0.4 is 38.5 Å². The van der Waals surface area contributed by atoms with Crippen molar-refractivity contribution in [2.45, 2.75) is 134 Å². The van der Waals surface area contributed by atoms with Crippen LogP contribution >= 0.6 is 0 Å². The Morgan fingerprint density at radius 1 is 0.783 bits per heavy atom. The normalized spacial score (nSPS) is 19.4. The van der Waals surface area contributed by atoms with Gasteiger partial charge in [0.15, 0.2) is 5.96 Å². The van der Waals surface area contributed by atoms with E-state index in [1.165, 1.54) is 28.9 Å². The van der Waals surface area contributed by atoms with Gasteiger partial charge in [0.05, 0.1) is 6.10 Å². The molecular formula is C40H64N10O10. The monoisotopic (exact) mass is 844 g/mol. The van der Waals surface area contributed by atoms with Crippen molar-refractivity contribution >= 4 is 47.4 Å². The van der Waals surface area contributed by atoms with E-state index in [-0.39, 0.29) is 75.8 Å². The summed E-state index contributed by atoms with van der Waals surface area (Å²) in [6, 6.07) is -1.90. The number of amides is 6. The zero-order valence-electron chi connectivity index (χ0n) is 35.1. The summed E-state index contributed by atoms with van der Waals surface area (Å²) in [6.07, 6.45) is 0.779. The maximum Gasteiger partial charge on any atom is 0.326 e. The first kappa shape index (κ1) is 48.9. The van der Waals surface area contributed by atoms with E-state index < -0.39 is 95.7 Å². The first-order chi connectivity index (χ1) is 28.2. The topological polar surface area (TPSA) is 325 Å². The number of rotatable bonds is 21. The van der Waals surface area contributed by atoms with Gasteiger partial charge < -0.3 is 63.6 Å². The molecule has 0 aliphatic carbocycles. The third kappa shape index (κ3) is 14.1. The highest BCUT2D eigenvalue weighted by atomic mass is 16.4. The molecule has 3 rings (SSSR count). The lowest BCUT2D eigenvalue weighted by Crippen LogP contribution is -2.60. The number of guanidine groups is 1. The van der Waals surface area contributed by atoms with Crippen molar-refractivity contribution in [2.75, 3.05) is 19.6 Å². The van der Waals surface area contributed by atoms with Gasteiger partial charge in [0.2, 0.25) is 35.4 Å². The number of aliphatic hydroxyl groups excluding tert-OH is 1. The second-order valence-electron chi connectivity index (χ2n) is 16.3. The number of likely N-dealkylation sites (tertiary alicyclic amines) is 2. The van der Waals surface area contributed by atoms with Crippen LogP contribution in [0.5, 0.6) is 5.75 Å². The smallest absolute Gasteiger partial charge is 0.326 e. The van der Waals surface area contributed by atoms with Crippen LogP contribution in [-0.2, 0) is 40.0 Å². The fourth-order valence-corrected chi connectivity index (χ4v) is 7.31. The van der Waals surface area contributed by atoms with E-state index in [9.17, 15) is 48.9 Å². The van der Waals surface area contributed by atoms with E-state index >= 15 is 0 Å². The number of nitrogens with two attached hydrogens (primary N) is 3. The molecule has 1 aromatic carbocycles. The van der Waals surface area contributed by atoms with Crippen molar-refractivity contribution in [1.82, 2.24) is 31.1 Å². The summed E-state index contributed by atoms with van der Waals surface area (Å²) >= 11 is 0.